The Morgan fingerprint density at radius 1 is 1.11 bits per heavy atom. The van der Waals surface area contributed by atoms with Crippen LogP contribution in [-0.4, -0.2) is 31.0 Å². The van der Waals surface area contributed by atoms with Crippen LogP contribution in [0.3, 0.4) is 0 Å². The molecule has 9 heteroatoms. The number of rotatable bonds is 5. The lowest BCUT2D eigenvalue weighted by molar-refractivity contribution is 0.251. The molecule has 27 heavy (non-hydrogen) atoms. The van der Waals surface area contributed by atoms with E-state index in [9.17, 15) is 4.79 Å². The molecule has 8 nitrogen and oxygen atoms in total. The van der Waals surface area contributed by atoms with E-state index in [2.05, 4.69) is 30.9 Å². The predicted molar refractivity (Wildman–Crippen MR) is 103 cm³/mol. The van der Waals surface area contributed by atoms with Crippen LogP contribution in [0.4, 0.5) is 9.93 Å². The molecular weight excluding hydrogens is 362 g/mol. The monoisotopic (exact) mass is 377 g/mol. The van der Waals surface area contributed by atoms with Crippen molar-refractivity contribution in [1.29, 1.82) is 0 Å². The summed E-state index contributed by atoms with van der Waals surface area (Å²) in [7, 11) is 0. The van der Waals surface area contributed by atoms with E-state index in [4.69, 9.17) is 0 Å². The Morgan fingerprint density at radius 2 is 1.93 bits per heavy atom. The number of thiazole rings is 1. The maximum atomic E-state index is 12.1. The van der Waals surface area contributed by atoms with Gasteiger partial charge in [0.2, 0.25) is 0 Å². The SMILES string of the molecule is O=C(NCc1cn(-c2ccncc2)nn1)Nc1nc(-c2ccccc2)cs1. The van der Waals surface area contributed by atoms with Gasteiger partial charge in [0.25, 0.3) is 0 Å². The van der Waals surface area contributed by atoms with Crippen molar-refractivity contribution >= 4 is 22.5 Å². The summed E-state index contributed by atoms with van der Waals surface area (Å²) in [6.07, 6.45) is 5.12. The molecule has 2 N–H and O–H groups in total. The molecule has 0 bridgehead atoms. The third-order valence-corrected chi connectivity index (χ3v) is 4.45. The lowest BCUT2D eigenvalue weighted by Crippen LogP contribution is -2.28. The van der Waals surface area contributed by atoms with Gasteiger partial charge < -0.3 is 5.32 Å². The van der Waals surface area contributed by atoms with Gasteiger partial charge >= 0.3 is 6.03 Å². The van der Waals surface area contributed by atoms with Crippen LogP contribution in [0.2, 0.25) is 0 Å². The minimum Gasteiger partial charge on any atom is -0.332 e. The van der Waals surface area contributed by atoms with Gasteiger partial charge in [-0.25, -0.2) is 14.5 Å². The minimum absolute atomic E-state index is 0.258. The molecular formula is C18H15N7OS. The van der Waals surface area contributed by atoms with Gasteiger partial charge in [-0.3, -0.25) is 10.3 Å². The molecule has 4 rings (SSSR count). The topological polar surface area (TPSA) is 97.6 Å². The van der Waals surface area contributed by atoms with E-state index in [-0.39, 0.29) is 12.6 Å². The van der Waals surface area contributed by atoms with Crippen LogP contribution in [0.15, 0.2) is 66.4 Å². The third kappa shape index (κ3) is 4.15. The summed E-state index contributed by atoms with van der Waals surface area (Å²) in [5.74, 6) is 0. The van der Waals surface area contributed by atoms with E-state index < -0.39 is 0 Å². The average molecular weight is 377 g/mol. The zero-order valence-electron chi connectivity index (χ0n) is 14.1. The van der Waals surface area contributed by atoms with Crippen molar-refractivity contribution in [1.82, 2.24) is 30.3 Å². The standard InChI is InChI=1S/C18H15N7OS/c26-17(22-18-21-16(12-27-18)13-4-2-1-3-5-13)20-10-14-11-25(24-23-14)15-6-8-19-9-7-15/h1-9,11-12H,10H2,(H2,20,21,22,26). The lowest BCUT2D eigenvalue weighted by atomic mass is 10.2. The van der Waals surface area contributed by atoms with Crippen molar-refractivity contribution in [3.63, 3.8) is 0 Å². The number of benzene rings is 1. The van der Waals surface area contributed by atoms with Crippen molar-refractivity contribution in [2.45, 2.75) is 6.54 Å². The Hall–Kier alpha value is -3.59. The summed E-state index contributed by atoms with van der Waals surface area (Å²) in [6.45, 7) is 0.258. The van der Waals surface area contributed by atoms with Crippen LogP contribution in [0, 0.1) is 0 Å². The number of pyridine rings is 1. The fourth-order valence-electron chi connectivity index (χ4n) is 2.39. The fourth-order valence-corrected chi connectivity index (χ4v) is 3.10. The second-order valence-corrected chi connectivity index (χ2v) is 6.43. The highest BCUT2D eigenvalue weighted by molar-refractivity contribution is 7.14. The van der Waals surface area contributed by atoms with E-state index in [0.717, 1.165) is 16.9 Å². The van der Waals surface area contributed by atoms with Gasteiger partial charge in [0.15, 0.2) is 5.13 Å². The predicted octanol–water partition coefficient (Wildman–Crippen LogP) is 3.11. The Labute approximate surface area is 158 Å². The van der Waals surface area contributed by atoms with Gasteiger partial charge in [-0.05, 0) is 12.1 Å². The summed E-state index contributed by atoms with van der Waals surface area (Å²) >= 11 is 1.37. The molecule has 0 saturated heterocycles. The molecule has 0 aliphatic carbocycles. The van der Waals surface area contributed by atoms with Gasteiger partial charge in [0.1, 0.15) is 5.69 Å². The van der Waals surface area contributed by atoms with Crippen molar-refractivity contribution in [2.24, 2.45) is 0 Å². The smallest absolute Gasteiger partial charge is 0.321 e. The number of anilines is 1. The maximum absolute atomic E-state index is 12.1. The minimum atomic E-state index is -0.345. The summed E-state index contributed by atoms with van der Waals surface area (Å²) in [4.78, 5) is 20.5. The lowest BCUT2D eigenvalue weighted by Gasteiger charge is -2.03. The van der Waals surface area contributed by atoms with E-state index in [1.807, 2.05) is 47.8 Å². The first-order chi connectivity index (χ1) is 13.3. The number of amides is 2. The number of hydrogen-bond donors (Lipinski definition) is 2. The average Bonchev–Trinajstić information content (AvgIpc) is 3.37. The molecule has 3 heterocycles. The van der Waals surface area contributed by atoms with Gasteiger partial charge in [-0.15, -0.1) is 16.4 Å². The maximum Gasteiger partial charge on any atom is 0.321 e. The molecule has 0 unspecified atom stereocenters. The van der Waals surface area contributed by atoms with Crippen LogP contribution < -0.4 is 10.6 Å². The molecule has 0 fully saturated rings. The summed E-state index contributed by atoms with van der Waals surface area (Å²) in [6, 6.07) is 13.1. The van der Waals surface area contributed by atoms with Crippen LogP contribution in [0.1, 0.15) is 5.69 Å². The molecule has 1 aromatic carbocycles. The zero-order chi connectivity index (χ0) is 18.5. The summed E-state index contributed by atoms with van der Waals surface area (Å²) in [5.41, 5.74) is 3.33. The molecule has 0 aliphatic heterocycles. The molecule has 0 spiro atoms. The molecule has 0 atom stereocenters. The van der Waals surface area contributed by atoms with Gasteiger partial charge in [0, 0.05) is 23.3 Å². The van der Waals surface area contributed by atoms with E-state index >= 15 is 0 Å². The van der Waals surface area contributed by atoms with Crippen molar-refractivity contribution < 1.29 is 4.79 Å². The summed E-state index contributed by atoms with van der Waals surface area (Å²) in [5, 5.41) is 16.0. The third-order valence-electron chi connectivity index (χ3n) is 3.69. The van der Waals surface area contributed by atoms with E-state index in [0.29, 0.717) is 10.8 Å². The Bertz CT molecular complexity index is 1030. The fraction of sp³-hybridized carbons (Fsp3) is 0.0556. The second kappa shape index (κ2) is 7.75. The molecule has 2 amide bonds. The number of carbonyl (C=O) groups is 1. The van der Waals surface area contributed by atoms with E-state index in [1.165, 1.54) is 11.3 Å². The first kappa shape index (κ1) is 16.9. The number of carbonyl (C=O) groups excluding carboxylic acids is 1. The van der Waals surface area contributed by atoms with Crippen molar-refractivity contribution in [3.8, 4) is 16.9 Å². The van der Waals surface area contributed by atoms with Gasteiger partial charge in [-0.2, -0.15) is 0 Å². The van der Waals surface area contributed by atoms with Gasteiger partial charge in [-0.1, -0.05) is 35.5 Å². The zero-order valence-corrected chi connectivity index (χ0v) is 14.9. The molecule has 0 saturated carbocycles. The highest BCUT2D eigenvalue weighted by atomic mass is 32.1. The van der Waals surface area contributed by atoms with Gasteiger partial charge in [0.05, 0.1) is 24.1 Å². The Kier molecular flexibility index (Phi) is 4.84. The normalized spacial score (nSPS) is 10.5. The number of hydrogen-bond acceptors (Lipinski definition) is 6. The largest absolute Gasteiger partial charge is 0.332 e. The van der Waals surface area contributed by atoms with E-state index in [1.54, 1.807) is 23.3 Å². The van der Waals surface area contributed by atoms with Crippen molar-refractivity contribution in [3.05, 3.63) is 72.1 Å². The summed E-state index contributed by atoms with van der Waals surface area (Å²) < 4.78 is 1.63. The van der Waals surface area contributed by atoms with Crippen LogP contribution in [-0.2, 0) is 6.54 Å². The Morgan fingerprint density at radius 3 is 2.74 bits per heavy atom. The second-order valence-electron chi connectivity index (χ2n) is 5.57. The number of nitrogens with zero attached hydrogens (tertiary/aromatic N) is 5. The van der Waals surface area contributed by atoms with Crippen LogP contribution in [0.5, 0.6) is 0 Å². The van der Waals surface area contributed by atoms with Crippen LogP contribution in [0.25, 0.3) is 16.9 Å². The molecule has 0 radical (unpaired) electrons. The molecule has 3 aromatic heterocycles. The van der Waals surface area contributed by atoms with Crippen molar-refractivity contribution in [2.75, 3.05) is 5.32 Å². The highest BCUT2D eigenvalue weighted by Gasteiger charge is 2.09. The quantitative estimate of drug-likeness (QED) is 0.557. The molecule has 134 valence electrons. The number of urea groups is 1. The van der Waals surface area contributed by atoms with Crippen LogP contribution >= 0.6 is 11.3 Å². The molecule has 4 aromatic rings. The number of aromatic nitrogens is 5. The molecule has 0 aliphatic rings. The highest BCUT2D eigenvalue weighted by Crippen LogP contribution is 2.24. The number of nitrogens with one attached hydrogen (secondary N) is 2. The Balaban J connectivity index is 1.33. The first-order valence-electron chi connectivity index (χ1n) is 8.15. The first-order valence-corrected chi connectivity index (χ1v) is 9.03.